The summed E-state index contributed by atoms with van der Waals surface area (Å²) in [6, 6.07) is 3.76. The molecule has 2 heteroatoms. The molecule has 0 saturated heterocycles. The van der Waals surface area contributed by atoms with Gasteiger partial charge in [-0.1, -0.05) is 5.92 Å². The molecule has 0 spiro atoms. The van der Waals surface area contributed by atoms with Gasteiger partial charge in [0.05, 0.1) is 0 Å². The molecule has 56 valence electrons. The quantitative estimate of drug-likeness (QED) is 0.596. The summed E-state index contributed by atoms with van der Waals surface area (Å²) in [6.45, 7) is 2.41. The average Bonchev–Trinajstić information content (AvgIpc) is 2.03. The first kappa shape index (κ1) is 7.77. The zero-order valence-corrected chi connectivity index (χ0v) is 6.46. The molecule has 0 atom stereocenters. The van der Waals surface area contributed by atoms with E-state index in [0.717, 1.165) is 11.3 Å². The molecule has 1 heterocycles. The van der Waals surface area contributed by atoms with Crippen molar-refractivity contribution in [3.8, 4) is 12.3 Å². The Labute approximate surface area is 66.4 Å². The topological polar surface area (TPSA) is 38.9 Å². The van der Waals surface area contributed by atoms with Crippen LogP contribution in [0.25, 0.3) is 0 Å². The molecule has 0 saturated carbocycles. The number of terminal acetylenes is 1. The number of hydrogen-bond donors (Lipinski definition) is 1. The van der Waals surface area contributed by atoms with E-state index in [2.05, 4.69) is 10.9 Å². The maximum absolute atomic E-state index is 5.45. The third kappa shape index (κ3) is 1.79. The first-order chi connectivity index (χ1) is 5.26. The van der Waals surface area contributed by atoms with Crippen LogP contribution in [-0.4, -0.2) is 4.98 Å². The van der Waals surface area contributed by atoms with Crippen LogP contribution in [0.5, 0.6) is 0 Å². The van der Waals surface area contributed by atoms with Gasteiger partial charge in [-0.25, -0.2) is 4.98 Å². The fourth-order valence-electron chi connectivity index (χ4n) is 0.932. The lowest BCUT2D eigenvalue weighted by Crippen LogP contribution is -1.99. The number of rotatable bonds is 1. The van der Waals surface area contributed by atoms with Crippen LogP contribution >= 0.6 is 0 Å². The zero-order valence-electron chi connectivity index (χ0n) is 6.46. The molecule has 2 nitrogen and oxygen atoms in total. The smallest absolute Gasteiger partial charge is 0.113 e. The minimum atomic E-state index is 0.512. The number of pyridine rings is 1. The Bertz CT molecular complexity index is 297. The number of aryl methyl sites for hydroxylation is 1. The van der Waals surface area contributed by atoms with Crippen molar-refractivity contribution in [3.05, 3.63) is 29.1 Å². The normalized spacial score (nSPS) is 9.18. The van der Waals surface area contributed by atoms with Gasteiger partial charge in [0.25, 0.3) is 0 Å². The molecule has 0 aliphatic heterocycles. The van der Waals surface area contributed by atoms with Gasteiger partial charge < -0.3 is 5.73 Å². The molecular formula is C9H10N2. The van der Waals surface area contributed by atoms with Crippen molar-refractivity contribution in [2.75, 3.05) is 0 Å². The fourth-order valence-corrected chi connectivity index (χ4v) is 0.932. The van der Waals surface area contributed by atoms with Crippen LogP contribution in [0.3, 0.4) is 0 Å². The molecule has 0 unspecified atom stereocenters. The van der Waals surface area contributed by atoms with Crippen molar-refractivity contribution in [2.24, 2.45) is 5.73 Å². The molecule has 2 N–H and O–H groups in total. The summed E-state index contributed by atoms with van der Waals surface area (Å²) in [5, 5.41) is 0. The monoisotopic (exact) mass is 146 g/mol. The minimum absolute atomic E-state index is 0.512. The molecule has 0 aliphatic carbocycles. The first-order valence-electron chi connectivity index (χ1n) is 3.40. The predicted octanol–water partition coefficient (Wildman–Crippen LogP) is 0.830. The third-order valence-electron chi connectivity index (χ3n) is 1.40. The minimum Gasteiger partial charge on any atom is -0.326 e. The molecule has 1 rings (SSSR count). The summed E-state index contributed by atoms with van der Waals surface area (Å²) >= 11 is 0. The van der Waals surface area contributed by atoms with Crippen molar-refractivity contribution in [1.82, 2.24) is 4.98 Å². The second kappa shape index (κ2) is 3.18. The maximum Gasteiger partial charge on any atom is 0.113 e. The van der Waals surface area contributed by atoms with Crippen molar-refractivity contribution < 1.29 is 0 Å². The van der Waals surface area contributed by atoms with Crippen LogP contribution in [0, 0.1) is 19.3 Å². The fraction of sp³-hybridized carbons (Fsp3) is 0.222. The number of aromatic nitrogens is 1. The lowest BCUT2D eigenvalue weighted by Gasteiger charge is -1.98. The van der Waals surface area contributed by atoms with Crippen molar-refractivity contribution in [2.45, 2.75) is 13.5 Å². The summed E-state index contributed by atoms with van der Waals surface area (Å²) < 4.78 is 0. The Hall–Kier alpha value is -1.33. The van der Waals surface area contributed by atoms with Crippen LogP contribution in [0.2, 0.25) is 0 Å². The van der Waals surface area contributed by atoms with Crippen LogP contribution in [0.1, 0.15) is 17.0 Å². The number of hydrogen-bond acceptors (Lipinski definition) is 2. The highest BCUT2D eigenvalue weighted by Crippen LogP contribution is 2.03. The second-order valence-electron chi connectivity index (χ2n) is 2.35. The van der Waals surface area contributed by atoms with E-state index >= 15 is 0 Å². The summed E-state index contributed by atoms with van der Waals surface area (Å²) in [6.07, 6.45) is 5.19. The van der Waals surface area contributed by atoms with Crippen molar-refractivity contribution >= 4 is 0 Å². The molecule has 0 fully saturated rings. The predicted molar refractivity (Wildman–Crippen MR) is 44.8 cm³/mol. The highest BCUT2D eigenvalue weighted by molar-refractivity contribution is 5.30. The van der Waals surface area contributed by atoms with E-state index in [9.17, 15) is 0 Å². The van der Waals surface area contributed by atoms with Gasteiger partial charge in [0.15, 0.2) is 0 Å². The Balaban J connectivity index is 3.15. The van der Waals surface area contributed by atoms with Gasteiger partial charge >= 0.3 is 0 Å². The highest BCUT2D eigenvalue weighted by atomic mass is 14.7. The van der Waals surface area contributed by atoms with E-state index in [4.69, 9.17) is 12.2 Å². The van der Waals surface area contributed by atoms with Crippen LogP contribution < -0.4 is 5.73 Å². The third-order valence-corrected chi connectivity index (χ3v) is 1.40. The standard InChI is InChI=1S/C9H10N2/c1-3-9-5-8(6-10)4-7(2)11-9/h1,4-5H,6,10H2,2H3. The number of nitrogens with two attached hydrogens (primary N) is 1. The Morgan fingerprint density at radius 3 is 2.91 bits per heavy atom. The average molecular weight is 146 g/mol. The molecule has 1 aromatic rings. The molecular weight excluding hydrogens is 136 g/mol. The summed E-state index contributed by atoms with van der Waals surface area (Å²) in [5.41, 5.74) is 8.05. The van der Waals surface area contributed by atoms with Crippen molar-refractivity contribution in [1.29, 1.82) is 0 Å². The van der Waals surface area contributed by atoms with Crippen LogP contribution in [-0.2, 0) is 6.54 Å². The Morgan fingerprint density at radius 2 is 2.36 bits per heavy atom. The molecule has 0 radical (unpaired) electrons. The second-order valence-corrected chi connectivity index (χ2v) is 2.35. The van der Waals surface area contributed by atoms with E-state index in [1.807, 2.05) is 19.1 Å². The molecule has 11 heavy (non-hydrogen) atoms. The van der Waals surface area contributed by atoms with E-state index in [-0.39, 0.29) is 0 Å². The SMILES string of the molecule is C#Cc1cc(CN)cc(C)n1. The Kier molecular flexibility index (Phi) is 2.25. The van der Waals surface area contributed by atoms with E-state index < -0.39 is 0 Å². The summed E-state index contributed by atoms with van der Waals surface area (Å²) in [4.78, 5) is 4.11. The van der Waals surface area contributed by atoms with Gasteiger partial charge in [-0.15, -0.1) is 6.42 Å². The van der Waals surface area contributed by atoms with Crippen molar-refractivity contribution in [3.63, 3.8) is 0 Å². The maximum atomic E-state index is 5.45. The molecule has 0 amide bonds. The van der Waals surface area contributed by atoms with Gasteiger partial charge in [-0.2, -0.15) is 0 Å². The van der Waals surface area contributed by atoms with E-state index in [1.165, 1.54) is 0 Å². The van der Waals surface area contributed by atoms with Crippen LogP contribution in [0.15, 0.2) is 12.1 Å². The van der Waals surface area contributed by atoms with Gasteiger partial charge in [-0.05, 0) is 24.6 Å². The van der Waals surface area contributed by atoms with Gasteiger partial charge in [-0.3, -0.25) is 0 Å². The molecule has 0 aliphatic rings. The lowest BCUT2D eigenvalue weighted by molar-refractivity contribution is 1.04. The van der Waals surface area contributed by atoms with Crippen LogP contribution in [0.4, 0.5) is 0 Å². The Morgan fingerprint density at radius 1 is 1.64 bits per heavy atom. The lowest BCUT2D eigenvalue weighted by atomic mass is 10.2. The molecule has 0 aromatic carbocycles. The van der Waals surface area contributed by atoms with E-state index in [0.29, 0.717) is 12.2 Å². The van der Waals surface area contributed by atoms with Gasteiger partial charge in [0, 0.05) is 12.2 Å². The summed E-state index contributed by atoms with van der Waals surface area (Å²) in [5.74, 6) is 2.48. The van der Waals surface area contributed by atoms with Gasteiger partial charge in [0.1, 0.15) is 5.69 Å². The first-order valence-corrected chi connectivity index (χ1v) is 3.40. The highest BCUT2D eigenvalue weighted by Gasteiger charge is 1.94. The number of nitrogens with zero attached hydrogens (tertiary/aromatic N) is 1. The molecule has 1 aromatic heterocycles. The summed E-state index contributed by atoms with van der Waals surface area (Å²) in [7, 11) is 0. The largest absolute Gasteiger partial charge is 0.326 e. The molecule has 0 bridgehead atoms. The zero-order chi connectivity index (χ0) is 8.27. The van der Waals surface area contributed by atoms with Gasteiger partial charge in [0.2, 0.25) is 0 Å². The van der Waals surface area contributed by atoms with E-state index in [1.54, 1.807) is 0 Å².